The third-order valence-corrected chi connectivity index (χ3v) is 5.18. The number of rotatable bonds is 3. The number of fused-ring (bicyclic) bond motifs is 1. The van der Waals surface area contributed by atoms with Crippen molar-refractivity contribution in [1.82, 2.24) is 14.4 Å². The molecule has 1 saturated heterocycles. The third-order valence-electron chi connectivity index (χ3n) is 5.18. The third kappa shape index (κ3) is 3.04. The van der Waals surface area contributed by atoms with Gasteiger partial charge >= 0.3 is 0 Å². The Morgan fingerprint density at radius 2 is 1.83 bits per heavy atom. The lowest BCUT2D eigenvalue weighted by atomic mass is 9.98. The van der Waals surface area contributed by atoms with E-state index < -0.39 is 0 Å². The fraction of sp³-hybridized carbons (Fsp3) is 0.421. The predicted molar refractivity (Wildman–Crippen MR) is 90.0 cm³/mol. The lowest BCUT2D eigenvalue weighted by Crippen LogP contribution is -2.42. The first-order valence-electron chi connectivity index (χ1n) is 8.49. The topological polar surface area (TPSA) is 28.5 Å². The Hall–Kier alpha value is -2.07. The summed E-state index contributed by atoms with van der Waals surface area (Å²) in [6.45, 7) is 4.37. The summed E-state index contributed by atoms with van der Waals surface area (Å²) in [5.74, 6) is 0.237. The van der Waals surface area contributed by atoms with Crippen LogP contribution in [0.5, 0.6) is 0 Å². The first-order valence-corrected chi connectivity index (χ1v) is 8.49. The molecule has 1 aromatic heterocycles. The highest BCUT2D eigenvalue weighted by Crippen LogP contribution is 2.24. The number of carbonyl (C=O) groups is 1. The first-order chi connectivity index (χ1) is 11.3. The highest BCUT2D eigenvalue weighted by Gasteiger charge is 2.31. The quantitative estimate of drug-likeness (QED) is 0.869. The van der Waals surface area contributed by atoms with E-state index >= 15 is 0 Å². The van der Waals surface area contributed by atoms with Crippen LogP contribution in [-0.4, -0.2) is 46.0 Å². The summed E-state index contributed by atoms with van der Waals surface area (Å²) in [6, 6.07) is 13.2. The van der Waals surface area contributed by atoms with Gasteiger partial charge in [0.1, 0.15) is 6.54 Å². The zero-order valence-electron chi connectivity index (χ0n) is 13.4. The Morgan fingerprint density at radius 1 is 1.04 bits per heavy atom. The summed E-state index contributed by atoms with van der Waals surface area (Å²) < 4.78 is 1.95. The minimum absolute atomic E-state index is 0.237. The lowest BCUT2D eigenvalue weighted by molar-refractivity contribution is -0.131. The molecule has 2 aliphatic rings. The van der Waals surface area contributed by atoms with E-state index in [1.54, 1.807) is 0 Å². The van der Waals surface area contributed by atoms with Gasteiger partial charge in [-0.1, -0.05) is 24.3 Å². The summed E-state index contributed by atoms with van der Waals surface area (Å²) in [7, 11) is 0. The van der Waals surface area contributed by atoms with Crippen LogP contribution in [0.15, 0.2) is 48.8 Å². The van der Waals surface area contributed by atoms with Gasteiger partial charge in [0.05, 0.1) is 0 Å². The van der Waals surface area contributed by atoms with Crippen molar-refractivity contribution in [2.24, 2.45) is 0 Å². The minimum Gasteiger partial charge on any atom is -0.345 e. The second kappa shape index (κ2) is 6.20. The number of hydrogen-bond donors (Lipinski definition) is 0. The highest BCUT2D eigenvalue weighted by atomic mass is 16.2. The first kappa shape index (κ1) is 14.5. The van der Waals surface area contributed by atoms with Crippen molar-refractivity contribution in [3.05, 3.63) is 59.9 Å². The molecule has 0 spiro atoms. The van der Waals surface area contributed by atoms with Crippen molar-refractivity contribution < 1.29 is 4.79 Å². The molecule has 0 aliphatic carbocycles. The predicted octanol–water partition coefficient (Wildman–Crippen LogP) is 2.15. The van der Waals surface area contributed by atoms with Crippen molar-refractivity contribution in [1.29, 1.82) is 0 Å². The van der Waals surface area contributed by atoms with Crippen LogP contribution in [-0.2, 0) is 24.3 Å². The molecule has 4 heteroatoms. The van der Waals surface area contributed by atoms with Gasteiger partial charge in [0.15, 0.2) is 0 Å². The number of likely N-dealkylation sites (tertiary alicyclic amines) is 1. The van der Waals surface area contributed by atoms with Gasteiger partial charge in [0.2, 0.25) is 5.91 Å². The van der Waals surface area contributed by atoms with E-state index in [1.165, 1.54) is 11.1 Å². The van der Waals surface area contributed by atoms with E-state index in [0.29, 0.717) is 12.6 Å². The largest absolute Gasteiger partial charge is 0.345 e. The molecule has 0 saturated carbocycles. The maximum Gasteiger partial charge on any atom is 0.242 e. The molecule has 1 fully saturated rings. The number of amides is 1. The molecule has 1 aromatic carbocycles. The minimum atomic E-state index is 0.237. The summed E-state index contributed by atoms with van der Waals surface area (Å²) in [6.07, 6.45) is 6.13. The molecule has 1 amide bonds. The maximum absolute atomic E-state index is 12.4. The molecule has 3 heterocycles. The average Bonchev–Trinajstić information content (AvgIpc) is 3.26. The monoisotopic (exact) mass is 309 g/mol. The molecular weight excluding hydrogens is 286 g/mol. The number of carbonyl (C=O) groups excluding carboxylic acids is 1. The van der Waals surface area contributed by atoms with Crippen molar-refractivity contribution in [2.45, 2.75) is 32.0 Å². The molecule has 120 valence electrons. The van der Waals surface area contributed by atoms with E-state index in [9.17, 15) is 4.79 Å². The van der Waals surface area contributed by atoms with Crippen molar-refractivity contribution in [3.8, 4) is 0 Å². The van der Waals surface area contributed by atoms with Gasteiger partial charge in [0, 0.05) is 44.6 Å². The Morgan fingerprint density at radius 3 is 2.65 bits per heavy atom. The van der Waals surface area contributed by atoms with E-state index in [4.69, 9.17) is 0 Å². The zero-order chi connectivity index (χ0) is 15.6. The van der Waals surface area contributed by atoms with Gasteiger partial charge in [-0.25, -0.2) is 0 Å². The molecule has 0 N–H and O–H groups in total. The zero-order valence-corrected chi connectivity index (χ0v) is 13.4. The number of aromatic nitrogens is 1. The van der Waals surface area contributed by atoms with Gasteiger partial charge < -0.3 is 9.47 Å². The molecule has 2 aromatic rings. The van der Waals surface area contributed by atoms with Crippen LogP contribution in [0.2, 0.25) is 0 Å². The van der Waals surface area contributed by atoms with Gasteiger partial charge in [-0.3, -0.25) is 9.69 Å². The smallest absolute Gasteiger partial charge is 0.242 e. The number of hydrogen-bond acceptors (Lipinski definition) is 2. The Labute approximate surface area is 137 Å². The average molecular weight is 309 g/mol. The van der Waals surface area contributed by atoms with E-state index in [1.807, 2.05) is 34.0 Å². The normalized spacial score (nSPS) is 21.4. The second-order valence-corrected chi connectivity index (χ2v) is 6.63. The van der Waals surface area contributed by atoms with Crippen LogP contribution < -0.4 is 0 Å². The molecule has 1 atom stereocenters. The van der Waals surface area contributed by atoms with Crippen LogP contribution in [0.25, 0.3) is 0 Å². The molecule has 1 unspecified atom stereocenters. The summed E-state index contributed by atoms with van der Waals surface area (Å²) in [5, 5.41) is 0. The van der Waals surface area contributed by atoms with Crippen LogP contribution in [0.4, 0.5) is 0 Å². The molecule has 0 radical (unpaired) electrons. The number of nitrogens with zero attached hydrogens (tertiary/aromatic N) is 3. The van der Waals surface area contributed by atoms with E-state index in [0.717, 1.165) is 39.0 Å². The maximum atomic E-state index is 12.4. The van der Waals surface area contributed by atoms with Crippen LogP contribution in [0, 0.1) is 0 Å². The van der Waals surface area contributed by atoms with Gasteiger partial charge in [0.25, 0.3) is 0 Å². The van der Waals surface area contributed by atoms with Crippen molar-refractivity contribution in [3.63, 3.8) is 0 Å². The van der Waals surface area contributed by atoms with E-state index in [-0.39, 0.29) is 5.91 Å². The van der Waals surface area contributed by atoms with Crippen molar-refractivity contribution >= 4 is 5.91 Å². The summed E-state index contributed by atoms with van der Waals surface area (Å²) >= 11 is 0. The van der Waals surface area contributed by atoms with Crippen LogP contribution >= 0.6 is 0 Å². The Bertz CT molecular complexity index is 680. The fourth-order valence-electron chi connectivity index (χ4n) is 3.83. The molecule has 23 heavy (non-hydrogen) atoms. The second-order valence-electron chi connectivity index (χ2n) is 6.63. The summed E-state index contributed by atoms with van der Waals surface area (Å²) in [4.78, 5) is 17.0. The highest BCUT2D eigenvalue weighted by molar-refractivity contribution is 5.76. The Kier molecular flexibility index (Phi) is 3.92. The SMILES string of the molecule is O=C(Cn1cccc1)N1CCC(N2CCc3ccccc3C2)C1. The fourth-order valence-corrected chi connectivity index (χ4v) is 3.83. The lowest BCUT2D eigenvalue weighted by Gasteiger charge is -2.33. The van der Waals surface area contributed by atoms with Crippen LogP contribution in [0.3, 0.4) is 0 Å². The van der Waals surface area contributed by atoms with Crippen molar-refractivity contribution in [2.75, 3.05) is 19.6 Å². The number of benzene rings is 1. The summed E-state index contributed by atoms with van der Waals surface area (Å²) in [5.41, 5.74) is 2.94. The molecule has 4 nitrogen and oxygen atoms in total. The van der Waals surface area contributed by atoms with Crippen LogP contribution in [0.1, 0.15) is 17.5 Å². The Balaban J connectivity index is 1.36. The molecule has 4 rings (SSSR count). The van der Waals surface area contributed by atoms with Gasteiger partial charge in [-0.2, -0.15) is 0 Å². The molecular formula is C19H23N3O. The molecule has 0 bridgehead atoms. The molecule has 2 aliphatic heterocycles. The van der Waals surface area contributed by atoms with Gasteiger partial charge in [-0.05, 0) is 36.1 Å². The van der Waals surface area contributed by atoms with Gasteiger partial charge in [-0.15, -0.1) is 0 Å². The standard InChI is InChI=1S/C19H23N3O/c23-19(15-20-9-3-4-10-20)22-12-8-18(14-22)21-11-7-16-5-1-2-6-17(16)13-21/h1-6,9-10,18H,7-8,11-15H2. The van der Waals surface area contributed by atoms with E-state index in [2.05, 4.69) is 29.2 Å².